The number of unbranched alkanes of at least 4 members (excludes halogenated alkanes) is 2. The Bertz CT molecular complexity index is 346. The molecule has 0 aromatic heterocycles. The number of ether oxygens (including phenoxy) is 1. The topological polar surface area (TPSA) is 63.6 Å². The Labute approximate surface area is 122 Å². The summed E-state index contributed by atoms with van der Waals surface area (Å²) >= 11 is 0. The fraction of sp³-hybridized carbons (Fsp3) is 0.750. The lowest BCUT2D eigenvalue weighted by molar-refractivity contribution is -0.159. The van der Waals surface area contributed by atoms with Crippen LogP contribution in [0.4, 0.5) is 0 Å². The first-order chi connectivity index (χ1) is 9.34. The van der Waals surface area contributed by atoms with Crippen molar-refractivity contribution in [2.45, 2.75) is 59.8 Å². The zero-order valence-electron chi connectivity index (χ0n) is 13.2. The van der Waals surface area contributed by atoms with E-state index in [1.165, 1.54) is 0 Å². The van der Waals surface area contributed by atoms with Crippen molar-refractivity contribution in [3.8, 4) is 0 Å². The molecule has 4 nitrogen and oxygen atoms in total. The van der Waals surface area contributed by atoms with Crippen LogP contribution in [-0.2, 0) is 14.3 Å². The molecule has 20 heavy (non-hydrogen) atoms. The van der Waals surface area contributed by atoms with Gasteiger partial charge < -0.3 is 9.84 Å². The number of carboxylic acid groups (broad SMARTS) is 1. The van der Waals surface area contributed by atoms with E-state index < -0.39 is 17.4 Å². The molecule has 0 aliphatic rings. The molecule has 0 bridgehead atoms. The summed E-state index contributed by atoms with van der Waals surface area (Å²) in [5.74, 6) is -1.73. The fourth-order valence-electron chi connectivity index (χ4n) is 2.33. The van der Waals surface area contributed by atoms with E-state index in [0.29, 0.717) is 13.0 Å². The first-order valence-electron chi connectivity index (χ1n) is 7.44. The van der Waals surface area contributed by atoms with Gasteiger partial charge in [-0.25, -0.2) is 4.79 Å². The van der Waals surface area contributed by atoms with E-state index in [-0.39, 0.29) is 11.5 Å². The second kappa shape index (κ2) is 8.77. The Hall–Kier alpha value is -1.32. The molecule has 0 aliphatic carbocycles. The van der Waals surface area contributed by atoms with Crippen LogP contribution in [0.3, 0.4) is 0 Å². The zero-order chi connectivity index (χ0) is 15.8. The molecule has 0 fully saturated rings. The van der Waals surface area contributed by atoms with E-state index in [2.05, 4.69) is 6.58 Å². The minimum atomic E-state index is -1.12. The van der Waals surface area contributed by atoms with E-state index in [0.717, 1.165) is 25.7 Å². The normalized spacial score (nSPS) is 13.8. The minimum Gasteiger partial charge on any atom is -0.478 e. The molecule has 0 spiro atoms. The summed E-state index contributed by atoms with van der Waals surface area (Å²) in [6.45, 7) is 11.7. The van der Waals surface area contributed by atoms with Crippen LogP contribution >= 0.6 is 0 Å². The fourth-order valence-corrected chi connectivity index (χ4v) is 2.33. The van der Waals surface area contributed by atoms with E-state index >= 15 is 0 Å². The van der Waals surface area contributed by atoms with Gasteiger partial charge in [-0.1, -0.05) is 53.5 Å². The second-order valence-electron chi connectivity index (χ2n) is 5.50. The van der Waals surface area contributed by atoms with Crippen LogP contribution in [0.1, 0.15) is 59.8 Å². The van der Waals surface area contributed by atoms with Gasteiger partial charge in [0.25, 0.3) is 0 Å². The van der Waals surface area contributed by atoms with Crippen molar-refractivity contribution in [1.29, 1.82) is 0 Å². The van der Waals surface area contributed by atoms with Gasteiger partial charge in [-0.3, -0.25) is 4.79 Å². The van der Waals surface area contributed by atoms with Crippen molar-refractivity contribution in [3.63, 3.8) is 0 Å². The smallest absolute Gasteiger partial charge is 0.332 e. The van der Waals surface area contributed by atoms with E-state index in [4.69, 9.17) is 4.74 Å². The number of esters is 1. The molecule has 4 heteroatoms. The molecular formula is C16H28O4. The molecule has 0 amide bonds. The Morgan fingerprint density at radius 1 is 1.20 bits per heavy atom. The summed E-state index contributed by atoms with van der Waals surface area (Å²) in [5, 5.41) is 9.28. The molecule has 116 valence electrons. The highest BCUT2D eigenvalue weighted by molar-refractivity contribution is 5.96. The molecule has 0 heterocycles. The average molecular weight is 284 g/mol. The van der Waals surface area contributed by atoms with Gasteiger partial charge in [0.05, 0.1) is 6.61 Å². The SMILES string of the molecule is C=C(C(=O)O)C(CCCC)(C(=O)OCCCC)C(C)C. The quantitative estimate of drug-likeness (QED) is 0.376. The van der Waals surface area contributed by atoms with Gasteiger partial charge in [-0.05, 0) is 18.8 Å². The van der Waals surface area contributed by atoms with Gasteiger partial charge in [0.2, 0.25) is 0 Å². The number of carbonyl (C=O) groups excluding carboxylic acids is 1. The first-order valence-corrected chi connectivity index (χ1v) is 7.44. The molecule has 0 rings (SSSR count). The molecule has 0 aromatic rings. The predicted molar refractivity (Wildman–Crippen MR) is 79.4 cm³/mol. The van der Waals surface area contributed by atoms with Crippen LogP contribution in [0.25, 0.3) is 0 Å². The predicted octanol–water partition coefficient (Wildman–Crippen LogP) is 3.80. The number of carbonyl (C=O) groups is 2. The number of rotatable bonds is 10. The molecule has 0 aromatic carbocycles. The largest absolute Gasteiger partial charge is 0.478 e. The highest BCUT2D eigenvalue weighted by atomic mass is 16.5. The summed E-state index contributed by atoms with van der Waals surface area (Å²) in [4.78, 5) is 23.8. The molecule has 0 aliphatic heterocycles. The first kappa shape index (κ1) is 18.7. The Morgan fingerprint density at radius 2 is 1.75 bits per heavy atom. The third-order valence-electron chi connectivity index (χ3n) is 3.80. The van der Waals surface area contributed by atoms with Gasteiger partial charge >= 0.3 is 11.9 Å². The molecule has 0 saturated carbocycles. The molecule has 1 atom stereocenters. The molecule has 0 saturated heterocycles. The van der Waals surface area contributed by atoms with E-state index in [1.54, 1.807) is 0 Å². The van der Waals surface area contributed by atoms with Crippen molar-refractivity contribution in [2.75, 3.05) is 6.61 Å². The van der Waals surface area contributed by atoms with Crippen molar-refractivity contribution in [1.82, 2.24) is 0 Å². The molecule has 1 N–H and O–H groups in total. The van der Waals surface area contributed by atoms with Crippen LogP contribution in [-0.4, -0.2) is 23.7 Å². The summed E-state index contributed by atoms with van der Waals surface area (Å²) < 4.78 is 5.31. The minimum absolute atomic E-state index is 0.0533. The lowest BCUT2D eigenvalue weighted by Gasteiger charge is -2.35. The van der Waals surface area contributed by atoms with Crippen LogP contribution in [0, 0.1) is 11.3 Å². The van der Waals surface area contributed by atoms with E-state index in [1.807, 2.05) is 27.7 Å². The second-order valence-corrected chi connectivity index (χ2v) is 5.50. The van der Waals surface area contributed by atoms with Crippen LogP contribution < -0.4 is 0 Å². The maximum Gasteiger partial charge on any atom is 0.332 e. The lowest BCUT2D eigenvalue weighted by Crippen LogP contribution is -2.42. The molecule has 0 radical (unpaired) electrons. The third kappa shape index (κ3) is 4.36. The monoisotopic (exact) mass is 284 g/mol. The maximum atomic E-state index is 12.5. The summed E-state index contributed by atoms with van der Waals surface area (Å²) in [7, 11) is 0. The van der Waals surface area contributed by atoms with Crippen LogP contribution in [0.2, 0.25) is 0 Å². The van der Waals surface area contributed by atoms with Crippen molar-refractivity contribution in [2.24, 2.45) is 11.3 Å². The van der Waals surface area contributed by atoms with Gasteiger partial charge in [0, 0.05) is 5.57 Å². The highest BCUT2D eigenvalue weighted by Crippen LogP contribution is 2.41. The lowest BCUT2D eigenvalue weighted by atomic mass is 9.68. The van der Waals surface area contributed by atoms with Crippen LogP contribution in [0.15, 0.2) is 12.2 Å². The Balaban J connectivity index is 5.32. The standard InChI is InChI=1S/C16H28O4/c1-6-8-10-16(12(3)4,13(5)14(17)18)15(19)20-11-9-7-2/h12H,5-11H2,1-4H3,(H,17,18). The number of aliphatic carboxylic acids is 1. The van der Waals surface area contributed by atoms with Crippen LogP contribution in [0.5, 0.6) is 0 Å². The van der Waals surface area contributed by atoms with Gasteiger partial charge in [-0.15, -0.1) is 0 Å². The van der Waals surface area contributed by atoms with Gasteiger partial charge in [0.15, 0.2) is 0 Å². The van der Waals surface area contributed by atoms with Gasteiger partial charge in [0.1, 0.15) is 5.41 Å². The van der Waals surface area contributed by atoms with E-state index in [9.17, 15) is 14.7 Å². The number of hydrogen-bond donors (Lipinski definition) is 1. The summed E-state index contributed by atoms with van der Waals surface area (Å²) in [5.41, 5.74) is -1.17. The average Bonchev–Trinajstić information content (AvgIpc) is 2.39. The van der Waals surface area contributed by atoms with Crippen molar-refractivity contribution >= 4 is 11.9 Å². The maximum absolute atomic E-state index is 12.5. The number of carboxylic acids is 1. The van der Waals surface area contributed by atoms with Crippen molar-refractivity contribution in [3.05, 3.63) is 12.2 Å². The Morgan fingerprint density at radius 3 is 2.15 bits per heavy atom. The Kier molecular flexibility index (Phi) is 8.19. The van der Waals surface area contributed by atoms with Crippen molar-refractivity contribution < 1.29 is 19.4 Å². The van der Waals surface area contributed by atoms with Gasteiger partial charge in [-0.2, -0.15) is 0 Å². The summed E-state index contributed by atoms with van der Waals surface area (Å²) in [6.07, 6.45) is 3.85. The third-order valence-corrected chi connectivity index (χ3v) is 3.80. The molecule has 1 unspecified atom stereocenters. The summed E-state index contributed by atoms with van der Waals surface area (Å²) in [6, 6.07) is 0. The molecular weight excluding hydrogens is 256 g/mol. The highest BCUT2D eigenvalue weighted by Gasteiger charge is 2.47. The number of hydrogen-bond acceptors (Lipinski definition) is 3. The zero-order valence-corrected chi connectivity index (χ0v) is 13.2.